The molecular weight excluding hydrogens is 380 g/mol. The first-order valence-corrected chi connectivity index (χ1v) is 6.01. The molecule has 0 saturated carbocycles. The molecule has 2 nitrogen and oxygen atoms in total. The van der Waals surface area contributed by atoms with Gasteiger partial charge in [-0.1, -0.05) is 11.6 Å². The molecule has 72 valence electrons. The van der Waals surface area contributed by atoms with E-state index in [0.717, 1.165) is 13.6 Å². The Kier molecular flexibility index (Phi) is 2.86. The Morgan fingerprint density at radius 3 is 2.86 bits per heavy atom. The van der Waals surface area contributed by atoms with Crippen LogP contribution in [0.15, 0.2) is 27.6 Å². The van der Waals surface area contributed by atoms with Gasteiger partial charge in [0.15, 0.2) is 0 Å². The zero-order valence-corrected chi connectivity index (χ0v) is 11.3. The normalized spacial score (nSPS) is 10.8. The fraction of sp³-hybridized carbons (Fsp3) is 0. The standard InChI is InChI=1S/C9H4BrClINO/c10-4-1-2-6(12)7-8(4)13-3-5(11)9(7)14/h1-3H,(H,13,14). The van der Waals surface area contributed by atoms with Gasteiger partial charge in [-0.2, -0.15) is 0 Å². The minimum atomic E-state index is -0.133. The van der Waals surface area contributed by atoms with E-state index >= 15 is 0 Å². The SMILES string of the molecule is O=c1c(Cl)c[nH]c2c(Br)ccc(I)c12. The third kappa shape index (κ3) is 1.59. The highest BCUT2D eigenvalue weighted by Gasteiger charge is 2.08. The lowest BCUT2D eigenvalue weighted by Crippen LogP contribution is -2.05. The Morgan fingerprint density at radius 2 is 2.14 bits per heavy atom. The van der Waals surface area contributed by atoms with Crippen LogP contribution in [0.25, 0.3) is 10.9 Å². The molecule has 0 bridgehead atoms. The van der Waals surface area contributed by atoms with Crippen molar-refractivity contribution in [2.24, 2.45) is 0 Å². The number of aromatic amines is 1. The van der Waals surface area contributed by atoms with Gasteiger partial charge in [0.2, 0.25) is 5.43 Å². The van der Waals surface area contributed by atoms with Crippen molar-refractivity contribution < 1.29 is 0 Å². The zero-order chi connectivity index (χ0) is 10.3. The predicted octanol–water partition coefficient (Wildman–Crippen LogP) is 3.55. The minimum Gasteiger partial charge on any atom is -0.359 e. The van der Waals surface area contributed by atoms with E-state index < -0.39 is 0 Å². The molecule has 0 unspecified atom stereocenters. The monoisotopic (exact) mass is 383 g/mol. The molecule has 0 aliphatic carbocycles. The molecule has 5 heteroatoms. The summed E-state index contributed by atoms with van der Waals surface area (Å²) in [5, 5.41) is 0.848. The van der Waals surface area contributed by atoms with Crippen molar-refractivity contribution in [2.45, 2.75) is 0 Å². The van der Waals surface area contributed by atoms with Gasteiger partial charge in [0.25, 0.3) is 0 Å². The molecule has 0 aliphatic heterocycles. The molecule has 0 saturated heterocycles. The molecule has 0 atom stereocenters. The third-order valence-corrected chi connectivity index (χ3v) is 3.73. The van der Waals surface area contributed by atoms with Crippen molar-refractivity contribution in [3.05, 3.63) is 41.6 Å². The van der Waals surface area contributed by atoms with Gasteiger partial charge in [-0.05, 0) is 50.7 Å². The number of rotatable bonds is 0. The number of nitrogens with one attached hydrogen (secondary N) is 1. The fourth-order valence-electron chi connectivity index (χ4n) is 1.24. The van der Waals surface area contributed by atoms with Gasteiger partial charge in [0.1, 0.15) is 5.02 Å². The topological polar surface area (TPSA) is 32.9 Å². The van der Waals surface area contributed by atoms with Crippen molar-refractivity contribution in [3.63, 3.8) is 0 Å². The number of aromatic nitrogens is 1. The highest BCUT2D eigenvalue weighted by molar-refractivity contribution is 14.1. The van der Waals surface area contributed by atoms with Crippen LogP contribution in [0.3, 0.4) is 0 Å². The Bertz CT molecular complexity index is 566. The number of hydrogen-bond donors (Lipinski definition) is 1. The zero-order valence-electron chi connectivity index (χ0n) is 6.77. The average Bonchev–Trinajstić information content (AvgIpc) is 2.16. The molecule has 0 fully saturated rings. The molecule has 2 rings (SSSR count). The summed E-state index contributed by atoms with van der Waals surface area (Å²) in [6, 6.07) is 3.77. The first kappa shape index (κ1) is 10.4. The summed E-state index contributed by atoms with van der Waals surface area (Å²) >= 11 is 11.2. The number of H-pyrrole nitrogens is 1. The van der Waals surface area contributed by atoms with Crippen molar-refractivity contribution in [3.8, 4) is 0 Å². The first-order valence-electron chi connectivity index (χ1n) is 3.76. The smallest absolute Gasteiger partial charge is 0.209 e. The lowest BCUT2D eigenvalue weighted by atomic mass is 10.2. The summed E-state index contributed by atoms with van der Waals surface area (Å²) in [5.74, 6) is 0. The molecule has 0 spiro atoms. The Balaban J connectivity index is 3.09. The van der Waals surface area contributed by atoms with Crippen LogP contribution in [0.4, 0.5) is 0 Å². The molecule has 0 radical (unpaired) electrons. The average molecular weight is 384 g/mol. The Morgan fingerprint density at radius 1 is 1.43 bits per heavy atom. The number of halogens is 3. The summed E-state index contributed by atoms with van der Waals surface area (Å²) in [6.45, 7) is 0. The van der Waals surface area contributed by atoms with E-state index in [1.54, 1.807) is 0 Å². The summed E-state index contributed by atoms with van der Waals surface area (Å²) in [6.07, 6.45) is 1.51. The molecule has 1 heterocycles. The second-order valence-electron chi connectivity index (χ2n) is 2.74. The third-order valence-electron chi connectivity index (χ3n) is 1.89. The highest BCUT2D eigenvalue weighted by atomic mass is 127. The van der Waals surface area contributed by atoms with E-state index in [0.29, 0.717) is 5.39 Å². The largest absolute Gasteiger partial charge is 0.359 e. The molecule has 2 aromatic rings. The quantitative estimate of drug-likeness (QED) is 0.693. The van der Waals surface area contributed by atoms with Crippen molar-refractivity contribution in [1.82, 2.24) is 4.98 Å². The van der Waals surface area contributed by atoms with E-state index in [9.17, 15) is 4.79 Å². The van der Waals surface area contributed by atoms with Crippen LogP contribution in [-0.4, -0.2) is 4.98 Å². The molecule has 1 N–H and O–H groups in total. The molecule has 0 aliphatic rings. The number of pyridine rings is 1. The maximum absolute atomic E-state index is 11.7. The molecule has 14 heavy (non-hydrogen) atoms. The number of fused-ring (bicyclic) bond motifs is 1. The van der Waals surface area contributed by atoms with Crippen LogP contribution in [0, 0.1) is 3.57 Å². The Labute approximate surface area is 107 Å². The maximum atomic E-state index is 11.7. The van der Waals surface area contributed by atoms with Gasteiger partial charge in [-0.25, -0.2) is 0 Å². The van der Waals surface area contributed by atoms with Crippen LogP contribution in [-0.2, 0) is 0 Å². The molecule has 0 amide bonds. The van der Waals surface area contributed by atoms with E-state index in [-0.39, 0.29) is 10.5 Å². The first-order chi connectivity index (χ1) is 6.61. The fourth-order valence-corrected chi connectivity index (χ4v) is 2.52. The van der Waals surface area contributed by atoms with Gasteiger partial charge >= 0.3 is 0 Å². The van der Waals surface area contributed by atoms with E-state index in [1.165, 1.54) is 6.20 Å². The predicted molar refractivity (Wildman–Crippen MR) is 70.0 cm³/mol. The lowest BCUT2D eigenvalue weighted by molar-refractivity contribution is 1.37. The van der Waals surface area contributed by atoms with E-state index in [4.69, 9.17) is 11.6 Å². The van der Waals surface area contributed by atoms with Crippen LogP contribution >= 0.6 is 50.1 Å². The summed E-state index contributed by atoms with van der Waals surface area (Å²) in [7, 11) is 0. The van der Waals surface area contributed by atoms with Crippen molar-refractivity contribution in [1.29, 1.82) is 0 Å². The van der Waals surface area contributed by atoms with Gasteiger partial charge < -0.3 is 4.98 Å². The van der Waals surface area contributed by atoms with Gasteiger partial charge in [-0.3, -0.25) is 4.79 Å². The summed E-state index contributed by atoms with van der Waals surface area (Å²) in [5.41, 5.74) is 0.650. The Hall–Kier alpha value is -0.0700. The van der Waals surface area contributed by atoms with Gasteiger partial charge in [-0.15, -0.1) is 0 Å². The van der Waals surface area contributed by atoms with Crippen LogP contribution in [0.5, 0.6) is 0 Å². The second-order valence-corrected chi connectivity index (χ2v) is 5.17. The van der Waals surface area contributed by atoms with Gasteiger partial charge in [0, 0.05) is 14.2 Å². The van der Waals surface area contributed by atoms with Crippen molar-refractivity contribution >= 4 is 61.0 Å². The second kappa shape index (κ2) is 3.83. The van der Waals surface area contributed by atoms with Gasteiger partial charge in [0.05, 0.1) is 10.9 Å². The number of hydrogen-bond acceptors (Lipinski definition) is 1. The van der Waals surface area contributed by atoms with Crippen LogP contribution in [0.2, 0.25) is 5.02 Å². The van der Waals surface area contributed by atoms with Crippen LogP contribution in [0.1, 0.15) is 0 Å². The van der Waals surface area contributed by atoms with Crippen LogP contribution < -0.4 is 5.43 Å². The maximum Gasteiger partial charge on any atom is 0.209 e. The van der Waals surface area contributed by atoms with E-state index in [2.05, 4.69) is 43.5 Å². The van der Waals surface area contributed by atoms with Crippen molar-refractivity contribution in [2.75, 3.05) is 0 Å². The molecule has 1 aromatic heterocycles. The molecular formula is C9H4BrClINO. The summed E-state index contributed by atoms with van der Waals surface area (Å²) in [4.78, 5) is 14.7. The minimum absolute atomic E-state index is 0.133. The highest BCUT2D eigenvalue weighted by Crippen LogP contribution is 2.24. The van der Waals surface area contributed by atoms with E-state index in [1.807, 2.05) is 12.1 Å². The lowest BCUT2D eigenvalue weighted by Gasteiger charge is -2.02. The number of benzene rings is 1. The summed E-state index contributed by atoms with van der Waals surface area (Å²) < 4.78 is 1.76. The molecule has 1 aromatic carbocycles.